The predicted molar refractivity (Wildman–Crippen MR) is 94.1 cm³/mol. The molecule has 2 amide bonds. The molecule has 22 heavy (non-hydrogen) atoms. The van der Waals surface area contributed by atoms with Gasteiger partial charge in [-0.05, 0) is 39.8 Å². The Labute approximate surface area is 143 Å². The Morgan fingerprint density at radius 3 is 2.32 bits per heavy atom. The Balaban J connectivity index is 2.01. The summed E-state index contributed by atoms with van der Waals surface area (Å²) in [6, 6.07) is 16.4. The summed E-state index contributed by atoms with van der Waals surface area (Å²) in [7, 11) is 0. The van der Waals surface area contributed by atoms with Gasteiger partial charge in [0.05, 0.1) is 6.42 Å². The molecule has 0 spiro atoms. The van der Waals surface area contributed by atoms with E-state index in [4.69, 9.17) is 5.73 Å². The molecule has 1 atom stereocenters. The third-order valence-corrected chi connectivity index (χ3v) is 4.32. The Morgan fingerprint density at radius 1 is 1.05 bits per heavy atom. The van der Waals surface area contributed by atoms with Crippen molar-refractivity contribution in [2.45, 2.75) is 18.9 Å². The van der Waals surface area contributed by atoms with Gasteiger partial charge in [0.2, 0.25) is 11.8 Å². The van der Waals surface area contributed by atoms with Crippen LogP contribution in [0.4, 0.5) is 0 Å². The Morgan fingerprint density at radius 2 is 1.68 bits per heavy atom. The maximum absolute atomic E-state index is 12.1. The summed E-state index contributed by atoms with van der Waals surface area (Å²) in [6.07, 6.45) is 0.630. The van der Waals surface area contributed by atoms with E-state index in [1.54, 1.807) is 0 Å². The molecular formula is C17H17IN2O2. The second-order valence-electron chi connectivity index (χ2n) is 4.98. The van der Waals surface area contributed by atoms with Gasteiger partial charge in [0.15, 0.2) is 0 Å². The number of carbonyl (C=O) groups excluding carboxylic acids is 2. The molecule has 2 aromatic rings. The molecule has 3 N–H and O–H groups in total. The summed E-state index contributed by atoms with van der Waals surface area (Å²) in [5, 5.41) is 2.72. The number of hydrogen-bond acceptors (Lipinski definition) is 2. The van der Waals surface area contributed by atoms with Crippen molar-refractivity contribution < 1.29 is 9.59 Å². The van der Waals surface area contributed by atoms with Gasteiger partial charge in [0.1, 0.15) is 6.04 Å². The number of halogens is 1. The molecule has 0 fully saturated rings. The zero-order chi connectivity index (χ0) is 15.9. The van der Waals surface area contributed by atoms with Crippen LogP contribution in [0.3, 0.4) is 0 Å². The number of hydrogen-bond donors (Lipinski definition) is 2. The van der Waals surface area contributed by atoms with Crippen LogP contribution < -0.4 is 11.1 Å². The number of nitrogens with one attached hydrogen (secondary N) is 1. The normalized spacial score (nSPS) is 11.7. The van der Waals surface area contributed by atoms with Gasteiger partial charge in [-0.3, -0.25) is 9.59 Å². The fraction of sp³-hybridized carbons (Fsp3) is 0.176. The molecule has 0 saturated heterocycles. The van der Waals surface area contributed by atoms with E-state index in [-0.39, 0.29) is 12.3 Å². The van der Waals surface area contributed by atoms with Crippen LogP contribution in [0.1, 0.15) is 11.1 Å². The summed E-state index contributed by atoms with van der Waals surface area (Å²) in [5.41, 5.74) is 7.31. The lowest BCUT2D eigenvalue weighted by Crippen LogP contribution is -2.46. The first-order valence-electron chi connectivity index (χ1n) is 6.92. The highest BCUT2D eigenvalue weighted by Crippen LogP contribution is 2.13. The fourth-order valence-electron chi connectivity index (χ4n) is 2.13. The van der Waals surface area contributed by atoms with Crippen LogP contribution in [0.25, 0.3) is 0 Å². The van der Waals surface area contributed by atoms with Crippen molar-refractivity contribution in [2.24, 2.45) is 5.73 Å². The van der Waals surface area contributed by atoms with Crippen LogP contribution in [-0.4, -0.2) is 17.9 Å². The van der Waals surface area contributed by atoms with E-state index in [9.17, 15) is 9.59 Å². The lowest BCUT2D eigenvalue weighted by molar-refractivity contribution is -0.127. The van der Waals surface area contributed by atoms with Crippen LogP contribution in [-0.2, 0) is 22.4 Å². The molecule has 0 bridgehead atoms. The lowest BCUT2D eigenvalue weighted by atomic mass is 10.0. The van der Waals surface area contributed by atoms with E-state index in [0.29, 0.717) is 6.42 Å². The average molecular weight is 408 g/mol. The smallest absolute Gasteiger partial charge is 0.240 e. The van der Waals surface area contributed by atoms with Crippen LogP contribution in [0.15, 0.2) is 54.6 Å². The number of amides is 2. The molecule has 114 valence electrons. The van der Waals surface area contributed by atoms with E-state index < -0.39 is 11.9 Å². The Kier molecular flexibility index (Phi) is 5.94. The van der Waals surface area contributed by atoms with Crippen molar-refractivity contribution >= 4 is 34.4 Å². The van der Waals surface area contributed by atoms with Crippen LogP contribution >= 0.6 is 22.6 Å². The number of benzene rings is 2. The van der Waals surface area contributed by atoms with Gasteiger partial charge in [-0.25, -0.2) is 0 Å². The summed E-state index contributed by atoms with van der Waals surface area (Å²) in [6.45, 7) is 0. The molecule has 0 aliphatic carbocycles. The summed E-state index contributed by atoms with van der Waals surface area (Å²) in [5.74, 6) is -0.734. The topological polar surface area (TPSA) is 72.2 Å². The summed E-state index contributed by atoms with van der Waals surface area (Å²) < 4.78 is 1.05. The Bertz CT molecular complexity index is 659. The zero-order valence-electron chi connectivity index (χ0n) is 12.0. The minimum atomic E-state index is -0.702. The molecule has 2 rings (SSSR count). The fourth-order valence-corrected chi connectivity index (χ4v) is 2.74. The van der Waals surface area contributed by atoms with E-state index in [0.717, 1.165) is 14.7 Å². The van der Waals surface area contributed by atoms with E-state index in [2.05, 4.69) is 27.9 Å². The molecule has 5 heteroatoms. The minimum Gasteiger partial charge on any atom is -0.368 e. The maximum atomic E-state index is 12.1. The second kappa shape index (κ2) is 7.93. The van der Waals surface area contributed by atoms with Crippen LogP contribution in [0, 0.1) is 3.57 Å². The molecule has 0 aliphatic rings. The highest BCUT2D eigenvalue weighted by atomic mass is 127. The third kappa shape index (κ3) is 4.84. The number of carbonyl (C=O) groups is 2. The van der Waals surface area contributed by atoms with E-state index >= 15 is 0 Å². The summed E-state index contributed by atoms with van der Waals surface area (Å²) in [4.78, 5) is 23.7. The van der Waals surface area contributed by atoms with Crippen molar-refractivity contribution in [3.63, 3.8) is 0 Å². The van der Waals surface area contributed by atoms with Gasteiger partial charge in [0, 0.05) is 9.99 Å². The summed E-state index contributed by atoms with van der Waals surface area (Å²) >= 11 is 2.20. The minimum absolute atomic E-state index is 0.207. The van der Waals surface area contributed by atoms with Crippen molar-refractivity contribution in [3.8, 4) is 0 Å². The van der Waals surface area contributed by atoms with Crippen LogP contribution in [0.2, 0.25) is 0 Å². The molecule has 0 aliphatic heterocycles. The highest BCUT2D eigenvalue weighted by Gasteiger charge is 2.19. The zero-order valence-corrected chi connectivity index (χ0v) is 14.1. The molecule has 0 unspecified atom stereocenters. The van der Waals surface area contributed by atoms with Gasteiger partial charge in [-0.1, -0.05) is 48.5 Å². The molecule has 0 heterocycles. The SMILES string of the molecule is NC(=O)[C@@H](Cc1ccccc1I)NC(=O)Cc1ccccc1. The number of primary amides is 1. The first-order chi connectivity index (χ1) is 10.6. The van der Waals surface area contributed by atoms with Gasteiger partial charge in [-0.15, -0.1) is 0 Å². The van der Waals surface area contributed by atoms with Gasteiger partial charge in [-0.2, -0.15) is 0 Å². The average Bonchev–Trinajstić information content (AvgIpc) is 2.49. The highest BCUT2D eigenvalue weighted by molar-refractivity contribution is 14.1. The van der Waals surface area contributed by atoms with Crippen molar-refractivity contribution in [1.82, 2.24) is 5.32 Å². The van der Waals surface area contributed by atoms with Crippen LogP contribution in [0.5, 0.6) is 0 Å². The molecule has 4 nitrogen and oxygen atoms in total. The molecular weight excluding hydrogens is 391 g/mol. The first kappa shape index (κ1) is 16.5. The number of nitrogens with two attached hydrogens (primary N) is 1. The van der Waals surface area contributed by atoms with Gasteiger partial charge >= 0.3 is 0 Å². The molecule has 0 saturated carbocycles. The monoisotopic (exact) mass is 408 g/mol. The maximum Gasteiger partial charge on any atom is 0.240 e. The lowest BCUT2D eigenvalue weighted by Gasteiger charge is -2.16. The second-order valence-corrected chi connectivity index (χ2v) is 6.14. The molecule has 0 radical (unpaired) electrons. The molecule has 2 aromatic carbocycles. The third-order valence-electron chi connectivity index (χ3n) is 3.27. The Hall–Kier alpha value is -1.89. The van der Waals surface area contributed by atoms with Crippen molar-refractivity contribution in [1.29, 1.82) is 0 Å². The van der Waals surface area contributed by atoms with Gasteiger partial charge in [0.25, 0.3) is 0 Å². The predicted octanol–water partition coefficient (Wildman–Crippen LogP) is 2.05. The first-order valence-corrected chi connectivity index (χ1v) is 8.00. The van der Waals surface area contributed by atoms with Crippen molar-refractivity contribution in [3.05, 3.63) is 69.3 Å². The van der Waals surface area contributed by atoms with E-state index in [1.807, 2.05) is 54.6 Å². The largest absolute Gasteiger partial charge is 0.368 e. The quantitative estimate of drug-likeness (QED) is 0.719. The number of rotatable bonds is 6. The van der Waals surface area contributed by atoms with Crippen molar-refractivity contribution in [2.75, 3.05) is 0 Å². The standard InChI is InChI=1S/C17H17IN2O2/c18-14-9-5-4-8-13(14)11-15(17(19)22)20-16(21)10-12-6-2-1-3-7-12/h1-9,15H,10-11H2,(H2,19,22)(H,20,21)/t15-/m1/s1. The van der Waals surface area contributed by atoms with Gasteiger partial charge < -0.3 is 11.1 Å². The van der Waals surface area contributed by atoms with E-state index in [1.165, 1.54) is 0 Å². The molecule has 0 aromatic heterocycles.